The fourth-order valence-corrected chi connectivity index (χ4v) is 3.85. The Morgan fingerprint density at radius 2 is 2.04 bits per heavy atom. The SMILES string of the molecule is C#CCN(C(=O)NC(C)c1cccc(NS(C)(=O)=O)c1)C1CCCCC1. The summed E-state index contributed by atoms with van der Waals surface area (Å²) in [4.78, 5) is 14.5. The van der Waals surface area contributed by atoms with Crippen LogP contribution >= 0.6 is 0 Å². The van der Waals surface area contributed by atoms with Crippen LogP contribution in [0.2, 0.25) is 0 Å². The summed E-state index contributed by atoms with van der Waals surface area (Å²) in [5.41, 5.74) is 1.29. The average molecular weight is 378 g/mol. The van der Waals surface area contributed by atoms with Crippen LogP contribution in [0.4, 0.5) is 10.5 Å². The van der Waals surface area contributed by atoms with Crippen molar-refractivity contribution in [1.82, 2.24) is 10.2 Å². The van der Waals surface area contributed by atoms with E-state index in [4.69, 9.17) is 6.42 Å². The number of amides is 2. The fraction of sp³-hybridized carbons (Fsp3) is 0.526. The van der Waals surface area contributed by atoms with Crippen LogP contribution in [-0.4, -0.2) is 38.2 Å². The van der Waals surface area contributed by atoms with E-state index in [0.29, 0.717) is 12.2 Å². The van der Waals surface area contributed by atoms with Crippen molar-refractivity contribution in [2.75, 3.05) is 17.5 Å². The monoisotopic (exact) mass is 377 g/mol. The van der Waals surface area contributed by atoms with Crippen LogP contribution in [0, 0.1) is 12.3 Å². The molecule has 2 rings (SSSR count). The van der Waals surface area contributed by atoms with Gasteiger partial charge in [0.05, 0.1) is 18.8 Å². The predicted octanol–water partition coefficient (Wildman–Crippen LogP) is 3.10. The highest BCUT2D eigenvalue weighted by molar-refractivity contribution is 7.92. The average Bonchev–Trinajstić information content (AvgIpc) is 2.59. The lowest BCUT2D eigenvalue weighted by molar-refractivity contribution is 0.163. The van der Waals surface area contributed by atoms with Gasteiger partial charge in [-0.3, -0.25) is 4.72 Å². The van der Waals surface area contributed by atoms with E-state index in [2.05, 4.69) is 16.0 Å². The van der Waals surface area contributed by atoms with Gasteiger partial charge in [-0.1, -0.05) is 37.3 Å². The van der Waals surface area contributed by atoms with Crippen LogP contribution in [0.15, 0.2) is 24.3 Å². The number of carbonyl (C=O) groups excluding carboxylic acids is 1. The Morgan fingerprint density at radius 3 is 2.65 bits per heavy atom. The van der Waals surface area contributed by atoms with E-state index in [9.17, 15) is 13.2 Å². The van der Waals surface area contributed by atoms with Crippen molar-refractivity contribution in [3.05, 3.63) is 29.8 Å². The molecule has 1 aliphatic rings. The number of nitrogens with one attached hydrogen (secondary N) is 2. The molecule has 26 heavy (non-hydrogen) atoms. The Hall–Kier alpha value is -2.20. The molecule has 0 saturated heterocycles. The maximum Gasteiger partial charge on any atom is 0.318 e. The molecule has 1 atom stereocenters. The zero-order chi connectivity index (χ0) is 19.2. The number of hydrogen-bond acceptors (Lipinski definition) is 3. The number of urea groups is 1. The maximum atomic E-state index is 12.7. The summed E-state index contributed by atoms with van der Waals surface area (Å²) >= 11 is 0. The second kappa shape index (κ2) is 8.95. The van der Waals surface area contributed by atoms with E-state index >= 15 is 0 Å². The van der Waals surface area contributed by atoms with Gasteiger partial charge >= 0.3 is 6.03 Å². The second-order valence-electron chi connectivity index (χ2n) is 6.79. The molecule has 1 fully saturated rings. The van der Waals surface area contributed by atoms with Crippen LogP contribution in [0.3, 0.4) is 0 Å². The van der Waals surface area contributed by atoms with Crippen LogP contribution < -0.4 is 10.0 Å². The van der Waals surface area contributed by atoms with Gasteiger partial charge in [0.25, 0.3) is 0 Å². The third-order valence-electron chi connectivity index (χ3n) is 4.57. The molecule has 0 aliphatic heterocycles. The molecule has 1 aromatic carbocycles. The van der Waals surface area contributed by atoms with Gasteiger partial charge in [0.15, 0.2) is 0 Å². The Labute approximate surface area is 156 Å². The number of benzene rings is 1. The Morgan fingerprint density at radius 1 is 1.35 bits per heavy atom. The molecule has 1 aliphatic carbocycles. The van der Waals surface area contributed by atoms with Gasteiger partial charge < -0.3 is 10.2 Å². The zero-order valence-corrected chi connectivity index (χ0v) is 16.2. The molecule has 1 saturated carbocycles. The first-order chi connectivity index (χ1) is 12.3. The third-order valence-corrected chi connectivity index (χ3v) is 5.17. The Kier molecular flexibility index (Phi) is 6.92. The van der Waals surface area contributed by atoms with Gasteiger partial charge in [-0.2, -0.15) is 0 Å². The number of nitrogens with zero attached hydrogens (tertiary/aromatic N) is 1. The molecule has 6 nitrogen and oxygen atoms in total. The summed E-state index contributed by atoms with van der Waals surface area (Å²) in [6.07, 6.45) is 12.0. The zero-order valence-electron chi connectivity index (χ0n) is 15.4. The minimum absolute atomic E-state index is 0.177. The smallest absolute Gasteiger partial charge is 0.318 e. The summed E-state index contributed by atoms with van der Waals surface area (Å²) in [6, 6.07) is 6.74. The molecule has 1 unspecified atom stereocenters. The van der Waals surface area contributed by atoms with E-state index in [1.165, 1.54) is 6.42 Å². The summed E-state index contributed by atoms with van der Waals surface area (Å²) in [6.45, 7) is 2.16. The second-order valence-corrected chi connectivity index (χ2v) is 8.54. The normalized spacial score (nSPS) is 16.3. The lowest BCUT2D eigenvalue weighted by atomic mass is 9.94. The third kappa shape index (κ3) is 5.95. The molecule has 142 valence electrons. The standard InChI is InChI=1S/C19H27N3O3S/c1-4-13-22(18-11-6-5-7-12-18)19(23)20-15(2)16-9-8-10-17(14-16)21-26(3,24)25/h1,8-10,14-15,18,21H,5-7,11-13H2,2-3H3,(H,20,23). The number of anilines is 1. The number of sulfonamides is 1. The number of terminal acetylenes is 1. The van der Waals surface area contributed by atoms with E-state index in [1.807, 2.05) is 13.0 Å². The van der Waals surface area contributed by atoms with Gasteiger partial charge in [0, 0.05) is 11.7 Å². The quantitative estimate of drug-likeness (QED) is 0.748. The molecule has 2 amide bonds. The molecule has 2 N–H and O–H groups in total. The minimum Gasteiger partial charge on any atom is -0.331 e. The Bertz CT molecular complexity index is 764. The summed E-state index contributed by atoms with van der Waals surface area (Å²) in [5.74, 6) is 2.58. The van der Waals surface area contributed by atoms with Crippen LogP contribution in [0.25, 0.3) is 0 Å². The van der Waals surface area contributed by atoms with Crippen molar-refractivity contribution in [1.29, 1.82) is 0 Å². The summed E-state index contributed by atoms with van der Waals surface area (Å²) in [7, 11) is -3.35. The van der Waals surface area contributed by atoms with Gasteiger partial charge in [-0.05, 0) is 37.5 Å². The first-order valence-electron chi connectivity index (χ1n) is 8.88. The maximum absolute atomic E-state index is 12.7. The van der Waals surface area contributed by atoms with Crippen molar-refractivity contribution in [3.63, 3.8) is 0 Å². The minimum atomic E-state index is -3.35. The van der Waals surface area contributed by atoms with Crippen molar-refractivity contribution in [3.8, 4) is 12.3 Å². The topological polar surface area (TPSA) is 78.5 Å². The molecular formula is C19H27N3O3S. The predicted molar refractivity (Wildman–Crippen MR) is 104 cm³/mol. The summed E-state index contributed by atoms with van der Waals surface area (Å²) < 4.78 is 25.2. The van der Waals surface area contributed by atoms with Crippen LogP contribution in [0.5, 0.6) is 0 Å². The van der Waals surface area contributed by atoms with E-state index in [-0.39, 0.29) is 18.1 Å². The molecule has 1 aromatic rings. The molecule has 0 radical (unpaired) electrons. The lowest BCUT2D eigenvalue weighted by Gasteiger charge is -2.34. The largest absolute Gasteiger partial charge is 0.331 e. The van der Waals surface area contributed by atoms with Crippen LogP contribution in [-0.2, 0) is 10.0 Å². The van der Waals surface area contributed by atoms with Gasteiger partial charge in [-0.15, -0.1) is 6.42 Å². The van der Waals surface area contributed by atoms with E-state index in [0.717, 1.165) is 37.5 Å². The number of rotatable bonds is 6. The Balaban J connectivity index is 2.07. The van der Waals surface area contributed by atoms with Crippen molar-refractivity contribution in [2.24, 2.45) is 0 Å². The van der Waals surface area contributed by atoms with Crippen LogP contribution in [0.1, 0.15) is 50.6 Å². The number of hydrogen-bond donors (Lipinski definition) is 2. The highest BCUT2D eigenvalue weighted by Gasteiger charge is 2.25. The summed E-state index contributed by atoms with van der Waals surface area (Å²) in [5, 5.41) is 2.98. The molecule has 0 aromatic heterocycles. The lowest BCUT2D eigenvalue weighted by Crippen LogP contribution is -2.47. The first kappa shape index (κ1) is 20.1. The van der Waals surface area contributed by atoms with Crippen molar-refractivity contribution >= 4 is 21.7 Å². The molecular weight excluding hydrogens is 350 g/mol. The molecule has 0 heterocycles. The van der Waals surface area contributed by atoms with Crippen molar-refractivity contribution < 1.29 is 13.2 Å². The molecule has 0 bridgehead atoms. The molecule has 0 spiro atoms. The number of carbonyl (C=O) groups is 1. The fourth-order valence-electron chi connectivity index (χ4n) is 3.29. The van der Waals surface area contributed by atoms with Crippen molar-refractivity contribution in [2.45, 2.75) is 51.1 Å². The molecule has 7 heteroatoms. The highest BCUT2D eigenvalue weighted by Crippen LogP contribution is 2.23. The first-order valence-corrected chi connectivity index (χ1v) is 10.8. The van der Waals surface area contributed by atoms with Gasteiger partial charge in [0.2, 0.25) is 10.0 Å². The highest BCUT2D eigenvalue weighted by atomic mass is 32.2. The van der Waals surface area contributed by atoms with Gasteiger partial charge in [-0.25, -0.2) is 13.2 Å². The van der Waals surface area contributed by atoms with Gasteiger partial charge in [0.1, 0.15) is 0 Å². The van der Waals surface area contributed by atoms with E-state index in [1.54, 1.807) is 23.1 Å². The van der Waals surface area contributed by atoms with E-state index < -0.39 is 10.0 Å².